The van der Waals surface area contributed by atoms with Gasteiger partial charge in [-0.1, -0.05) is 107 Å². The number of sulfonamides is 1. The normalized spacial score (nSPS) is 13.7. The Bertz CT molecular complexity index is 2700. The lowest BCUT2D eigenvalue weighted by Gasteiger charge is -2.29. The Hall–Kier alpha value is -5.94. The lowest BCUT2D eigenvalue weighted by atomic mass is 9.85. The number of benzene rings is 4. The molecule has 3 N–H and O–H groups in total. The van der Waals surface area contributed by atoms with E-state index < -0.39 is 56.4 Å². The maximum atomic E-state index is 13.3. The van der Waals surface area contributed by atoms with Crippen LogP contribution in [0, 0.1) is 31.6 Å². The van der Waals surface area contributed by atoms with Crippen molar-refractivity contribution >= 4 is 97.0 Å². The van der Waals surface area contributed by atoms with E-state index in [0.717, 1.165) is 39.1 Å². The number of aliphatic imine (C=N–C) groups is 1. The number of nitrogens with zero attached hydrogens (tertiary/aromatic N) is 4. The number of amides is 5. The summed E-state index contributed by atoms with van der Waals surface area (Å²) in [7, 11) is -3.27. The monoisotopic (exact) mass is 989 g/mol. The van der Waals surface area contributed by atoms with E-state index in [1.165, 1.54) is 4.90 Å². The van der Waals surface area contributed by atoms with E-state index in [1.54, 1.807) is 90.9 Å². The Labute approximate surface area is 409 Å². The van der Waals surface area contributed by atoms with Crippen LogP contribution in [-0.4, -0.2) is 97.7 Å². The van der Waals surface area contributed by atoms with Gasteiger partial charge in [0.25, 0.3) is 17.7 Å². The van der Waals surface area contributed by atoms with Crippen molar-refractivity contribution in [3.05, 3.63) is 117 Å². The number of anilines is 3. The molecule has 1 aliphatic heterocycles. The predicted molar refractivity (Wildman–Crippen MR) is 270 cm³/mol. The fourth-order valence-electron chi connectivity index (χ4n) is 6.83. The molecule has 18 heteroatoms. The summed E-state index contributed by atoms with van der Waals surface area (Å²) in [6.07, 6.45) is 1.13. The molecular weight excluding hydrogens is 930 g/mol. The van der Waals surface area contributed by atoms with E-state index in [-0.39, 0.29) is 31.1 Å². The lowest BCUT2D eigenvalue weighted by molar-refractivity contribution is -0.143. The molecule has 68 heavy (non-hydrogen) atoms. The van der Waals surface area contributed by atoms with E-state index in [9.17, 15) is 37.2 Å². The summed E-state index contributed by atoms with van der Waals surface area (Å²) in [5, 5.41) is 6.33. The third-order valence-corrected chi connectivity index (χ3v) is 11.9. The zero-order valence-corrected chi connectivity index (χ0v) is 42.7. The predicted octanol–water partition coefficient (Wildman–Crippen LogP) is 8.69. The molecule has 364 valence electrons. The molecule has 0 spiro atoms. The fourth-order valence-corrected chi connectivity index (χ4v) is 7.64. The Morgan fingerprint density at radius 3 is 1.87 bits per heavy atom. The molecule has 0 radical (unpaired) electrons. The Morgan fingerprint density at radius 2 is 1.35 bits per heavy atom. The number of carbonyl (C=O) groups is 6. The molecule has 1 heterocycles. The highest BCUT2D eigenvalue weighted by molar-refractivity contribution is 7.88. The highest BCUT2D eigenvalue weighted by atomic mass is 35.5. The van der Waals surface area contributed by atoms with Crippen molar-refractivity contribution in [3.63, 3.8) is 0 Å². The first-order valence-corrected chi connectivity index (χ1v) is 24.5. The highest BCUT2D eigenvalue weighted by Crippen LogP contribution is 2.29. The summed E-state index contributed by atoms with van der Waals surface area (Å²) in [6, 6.07) is 22.6. The van der Waals surface area contributed by atoms with Crippen LogP contribution in [0.3, 0.4) is 0 Å². The molecule has 1 saturated heterocycles. The van der Waals surface area contributed by atoms with Crippen molar-refractivity contribution < 1.29 is 37.2 Å². The summed E-state index contributed by atoms with van der Waals surface area (Å²) in [5.74, 6) is -2.86. The molecule has 0 saturated carbocycles. The van der Waals surface area contributed by atoms with Gasteiger partial charge in [0.05, 0.1) is 11.9 Å². The molecule has 1 atom stereocenters. The Morgan fingerprint density at radius 1 is 0.779 bits per heavy atom. The number of urea groups is 1. The molecule has 0 bridgehead atoms. The highest BCUT2D eigenvalue weighted by Gasteiger charge is 2.49. The van der Waals surface area contributed by atoms with Crippen LogP contribution in [0.25, 0.3) is 0 Å². The molecule has 4 aromatic carbocycles. The van der Waals surface area contributed by atoms with Gasteiger partial charge >= 0.3 is 6.03 Å². The zero-order valence-electron chi connectivity index (χ0n) is 40.4. The maximum absolute atomic E-state index is 13.3. The lowest BCUT2D eigenvalue weighted by Crippen LogP contribution is -2.55. The number of halogens is 2. The number of aryl methyl sites for hydroxylation is 3. The Balaban J connectivity index is 0.000000298. The van der Waals surface area contributed by atoms with Crippen molar-refractivity contribution in [3.8, 4) is 0 Å². The maximum Gasteiger partial charge on any atom is 0.328 e. The topological polar surface area (TPSA) is 195 Å². The van der Waals surface area contributed by atoms with E-state index >= 15 is 0 Å². The van der Waals surface area contributed by atoms with Gasteiger partial charge in [0.15, 0.2) is 23.3 Å². The number of ketones is 2. The average molecular weight is 991 g/mol. The first-order valence-electron chi connectivity index (χ1n) is 21.9. The zero-order chi connectivity index (χ0) is 50.9. The molecule has 4 aromatic rings. The molecule has 5 rings (SSSR count). The minimum atomic E-state index is -3.27. The van der Waals surface area contributed by atoms with Crippen LogP contribution < -0.4 is 20.3 Å². The molecular formula is C50H61Cl2N7O8S. The van der Waals surface area contributed by atoms with Gasteiger partial charge in [-0.05, 0) is 92.4 Å². The molecule has 1 aliphatic rings. The third kappa shape index (κ3) is 15.0. The van der Waals surface area contributed by atoms with E-state index in [4.69, 9.17) is 23.2 Å². The molecule has 0 aliphatic carbocycles. The number of hydrogen-bond donors (Lipinski definition) is 3. The van der Waals surface area contributed by atoms with Crippen molar-refractivity contribution in [2.24, 2.45) is 15.8 Å². The smallest absolute Gasteiger partial charge is 0.328 e. The second-order valence-corrected chi connectivity index (χ2v) is 21.2. The first kappa shape index (κ1) is 54.7. The number of rotatable bonds is 16. The van der Waals surface area contributed by atoms with Crippen LogP contribution >= 0.6 is 23.2 Å². The van der Waals surface area contributed by atoms with E-state index in [1.807, 2.05) is 68.1 Å². The summed E-state index contributed by atoms with van der Waals surface area (Å²) in [6.45, 7) is 19.0. The van der Waals surface area contributed by atoms with Gasteiger partial charge in [0, 0.05) is 64.1 Å². The third-order valence-electron chi connectivity index (χ3n) is 10.7. The van der Waals surface area contributed by atoms with Crippen molar-refractivity contribution in [2.45, 2.75) is 81.8 Å². The fraction of sp³-hybridized carbons (Fsp3) is 0.380. The molecule has 0 aromatic heterocycles. The minimum absolute atomic E-state index is 0.192. The number of nitrogens with one attached hydrogen (secondary N) is 3. The standard InChI is InChI=1S/C26H35ClN4O4S.C24H26ClN3O4/c1-8-31(14-13-28-36(7,34)35)20-11-12-21(18(3)15-20)29-23(24(32)26(4,5)6)25(33)30-22-16-19(27)10-9-17(22)2;1-15-10-11-17(25)12-18(15)26-22(31)20(21(30)24(2,3)4)28-19(29)14-27(23(28)32)13-16-8-6-5-7-9-16/h9-12,15-16,28H,8,13-14H2,1-7H3,(H,30,33);5-12,20H,13-14H2,1-4H3,(H,26,31). The van der Waals surface area contributed by atoms with Crippen LogP contribution in [0.2, 0.25) is 10.0 Å². The van der Waals surface area contributed by atoms with Crippen LogP contribution in [0.1, 0.15) is 70.7 Å². The summed E-state index contributed by atoms with van der Waals surface area (Å²) in [4.78, 5) is 87.6. The van der Waals surface area contributed by atoms with Gasteiger partial charge in [-0.3, -0.25) is 24.0 Å². The SMILES string of the molecule is CCN(CCNS(C)(=O)=O)c1ccc(N=C(C(=O)Nc2cc(Cl)ccc2C)C(=O)C(C)(C)C)c(C)c1.Cc1ccc(Cl)cc1NC(=O)C(C(=O)C(C)(C)C)N1C(=O)CN(Cc2ccccc2)C1=O. The molecule has 15 nitrogen and oxygen atoms in total. The number of likely N-dealkylation sites (N-methyl/N-ethyl adjacent to an activating group) is 1. The number of carbonyl (C=O) groups excluding carboxylic acids is 6. The van der Waals surface area contributed by atoms with Gasteiger partial charge in [0.2, 0.25) is 10.0 Å². The van der Waals surface area contributed by atoms with E-state index in [0.29, 0.717) is 40.2 Å². The average Bonchev–Trinajstić information content (AvgIpc) is 3.51. The summed E-state index contributed by atoms with van der Waals surface area (Å²) >= 11 is 12.1. The number of Topliss-reactive ketones (excluding diaryl/α,β-unsaturated/α-hetero) is 2. The largest absolute Gasteiger partial charge is 0.370 e. The van der Waals surface area contributed by atoms with Crippen molar-refractivity contribution in [1.29, 1.82) is 0 Å². The van der Waals surface area contributed by atoms with Gasteiger partial charge in [-0.2, -0.15) is 0 Å². The van der Waals surface area contributed by atoms with Gasteiger partial charge in [0.1, 0.15) is 6.54 Å². The quantitative estimate of drug-likeness (QED) is 0.0559. The van der Waals surface area contributed by atoms with Gasteiger partial charge in [-0.15, -0.1) is 0 Å². The van der Waals surface area contributed by atoms with Gasteiger partial charge in [-0.25, -0.2) is 27.8 Å². The van der Waals surface area contributed by atoms with Crippen LogP contribution in [0.5, 0.6) is 0 Å². The van der Waals surface area contributed by atoms with Gasteiger partial charge < -0.3 is 20.4 Å². The number of hydrogen-bond acceptors (Lipinski definition) is 10. The summed E-state index contributed by atoms with van der Waals surface area (Å²) < 4.78 is 25.2. The summed E-state index contributed by atoms with van der Waals surface area (Å²) in [5.41, 5.74) is 3.47. The van der Waals surface area contributed by atoms with Crippen LogP contribution in [-0.2, 0) is 40.5 Å². The van der Waals surface area contributed by atoms with Crippen molar-refractivity contribution in [2.75, 3.05) is 48.0 Å². The second-order valence-electron chi connectivity index (χ2n) is 18.5. The molecule has 1 unspecified atom stereocenters. The minimum Gasteiger partial charge on any atom is -0.370 e. The molecule has 5 amide bonds. The van der Waals surface area contributed by atoms with Crippen molar-refractivity contribution in [1.82, 2.24) is 14.5 Å². The Kier molecular flexibility index (Phi) is 18.4. The molecule has 1 fully saturated rings. The van der Waals surface area contributed by atoms with E-state index in [2.05, 4.69) is 20.3 Å². The second kappa shape index (κ2) is 22.9. The van der Waals surface area contributed by atoms with Crippen LogP contribution in [0.4, 0.5) is 27.5 Å². The first-order chi connectivity index (χ1) is 31.6. The number of imide groups is 1. The van der Waals surface area contributed by atoms with Crippen LogP contribution in [0.15, 0.2) is 89.9 Å².